The van der Waals surface area contributed by atoms with Crippen molar-refractivity contribution in [2.75, 3.05) is 6.61 Å². The maximum atomic E-state index is 13.1. The van der Waals surface area contributed by atoms with Gasteiger partial charge in [0.2, 0.25) is 5.88 Å². The molecule has 34 heavy (non-hydrogen) atoms. The second kappa shape index (κ2) is 10.1. The molecule has 0 fully saturated rings. The Morgan fingerprint density at radius 2 is 2.00 bits per heavy atom. The molecule has 1 aliphatic heterocycles. The van der Waals surface area contributed by atoms with E-state index in [0.29, 0.717) is 5.56 Å². The van der Waals surface area contributed by atoms with Crippen molar-refractivity contribution in [1.29, 1.82) is 5.26 Å². The van der Waals surface area contributed by atoms with Crippen molar-refractivity contribution in [1.82, 2.24) is 0 Å². The van der Waals surface area contributed by atoms with Crippen molar-refractivity contribution in [3.63, 3.8) is 0 Å². The number of nitriles is 1. The van der Waals surface area contributed by atoms with E-state index in [0.717, 1.165) is 12.1 Å². The van der Waals surface area contributed by atoms with E-state index in [-0.39, 0.29) is 52.3 Å². The zero-order chi connectivity index (χ0) is 25.0. The van der Waals surface area contributed by atoms with Gasteiger partial charge in [-0.25, -0.2) is 4.79 Å². The molecule has 3 rings (SSSR count). The number of alkyl halides is 3. The molecule has 0 spiro atoms. The highest BCUT2D eigenvalue weighted by atomic mass is 35.5. The molecule has 1 atom stereocenters. The number of hydrogen-bond acceptors (Lipinski definition) is 6. The summed E-state index contributed by atoms with van der Waals surface area (Å²) in [7, 11) is 0. The number of rotatable bonds is 6. The Labute approximate surface area is 199 Å². The topological polar surface area (TPSA) is 94.6 Å². The highest BCUT2D eigenvalue weighted by Gasteiger charge is 2.38. The fourth-order valence-electron chi connectivity index (χ4n) is 3.54. The van der Waals surface area contributed by atoms with Crippen molar-refractivity contribution in [2.45, 2.75) is 32.5 Å². The first-order chi connectivity index (χ1) is 16.1. The standard InChI is InChI=1S/C24H20ClF3N2O4/c1-3-32-23(31)20-13(2)34-22(30)18(11-29)21(20)17-10-16(25)7-8-19(17)33-12-14-5-4-6-15(9-14)24(26,27)28/h4-10,21H,3,12,30H2,1-2H3. The molecule has 0 saturated heterocycles. The number of nitrogens with zero attached hydrogens (tertiary/aromatic N) is 1. The minimum atomic E-state index is -4.50. The summed E-state index contributed by atoms with van der Waals surface area (Å²) in [6.07, 6.45) is -4.50. The largest absolute Gasteiger partial charge is 0.489 e. The van der Waals surface area contributed by atoms with Crippen LogP contribution in [0, 0.1) is 11.3 Å². The van der Waals surface area contributed by atoms with Crippen LogP contribution in [0.3, 0.4) is 0 Å². The number of benzene rings is 2. The Balaban J connectivity index is 2.05. The number of carbonyl (C=O) groups is 1. The van der Waals surface area contributed by atoms with Crippen molar-refractivity contribution in [3.8, 4) is 11.8 Å². The summed E-state index contributed by atoms with van der Waals surface area (Å²) < 4.78 is 55.5. The fourth-order valence-corrected chi connectivity index (χ4v) is 3.72. The lowest BCUT2D eigenvalue weighted by molar-refractivity contribution is -0.139. The molecular formula is C24H20ClF3N2O4. The Bertz CT molecular complexity index is 1220. The van der Waals surface area contributed by atoms with Crippen LogP contribution in [-0.2, 0) is 27.1 Å². The molecule has 0 aliphatic carbocycles. The van der Waals surface area contributed by atoms with Gasteiger partial charge in [0.05, 0.1) is 23.7 Å². The summed E-state index contributed by atoms with van der Waals surface area (Å²) in [6.45, 7) is 3.01. The summed E-state index contributed by atoms with van der Waals surface area (Å²) in [5, 5.41) is 10.0. The van der Waals surface area contributed by atoms with Crippen molar-refractivity contribution < 1.29 is 32.2 Å². The molecule has 6 nitrogen and oxygen atoms in total. The van der Waals surface area contributed by atoms with Crippen LogP contribution < -0.4 is 10.5 Å². The summed E-state index contributed by atoms with van der Waals surface area (Å²) >= 11 is 6.20. The third kappa shape index (κ3) is 5.29. The summed E-state index contributed by atoms with van der Waals surface area (Å²) in [4.78, 5) is 12.8. The van der Waals surface area contributed by atoms with E-state index in [1.165, 1.54) is 37.3 Å². The second-order valence-corrected chi connectivity index (χ2v) is 7.72. The Kier molecular flexibility index (Phi) is 7.42. The van der Waals surface area contributed by atoms with E-state index in [1.54, 1.807) is 6.92 Å². The minimum absolute atomic E-state index is 0.0405. The molecule has 1 heterocycles. The average molecular weight is 493 g/mol. The van der Waals surface area contributed by atoms with Crippen LogP contribution in [0.2, 0.25) is 5.02 Å². The third-order valence-electron chi connectivity index (χ3n) is 5.03. The fraction of sp³-hybridized carbons (Fsp3) is 0.250. The normalized spacial score (nSPS) is 16.1. The van der Waals surface area contributed by atoms with E-state index in [9.17, 15) is 23.2 Å². The zero-order valence-electron chi connectivity index (χ0n) is 18.2. The molecule has 10 heteroatoms. The van der Waals surface area contributed by atoms with E-state index in [1.807, 2.05) is 6.07 Å². The van der Waals surface area contributed by atoms with Gasteiger partial charge in [0.15, 0.2) is 0 Å². The van der Waals surface area contributed by atoms with Gasteiger partial charge in [0.25, 0.3) is 0 Å². The molecule has 1 aliphatic rings. The molecule has 0 amide bonds. The molecule has 2 aromatic rings. The minimum Gasteiger partial charge on any atom is -0.489 e. The number of ether oxygens (including phenoxy) is 3. The molecule has 2 aromatic carbocycles. The number of carbonyl (C=O) groups excluding carboxylic acids is 1. The van der Waals surface area contributed by atoms with Crippen molar-refractivity contribution in [3.05, 3.63) is 87.0 Å². The first-order valence-electron chi connectivity index (χ1n) is 10.1. The smallest absolute Gasteiger partial charge is 0.416 e. The lowest BCUT2D eigenvalue weighted by Crippen LogP contribution is -2.26. The number of esters is 1. The molecule has 178 valence electrons. The quantitative estimate of drug-likeness (QED) is 0.529. The maximum absolute atomic E-state index is 13.1. The second-order valence-electron chi connectivity index (χ2n) is 7.28. The zero-order valence-corrected chi connectivity index (χ0v) is 19.0. The van der Waals surface area contributed by atoms with Gasteiger partial charge in [-0.1, -0.05) is 23.7 Å². The molecule has 1 unspecified atom stereocenters. The number of halogens is 4. The van der Waals surface area contributed by atoms with Gasteiger partial charge in [-0.15, -0.1) is 0 Å². The van der Waals surface area contributed by atoms with Crippen LogP contribution in [0.15, 0.2) is 65.3 Å². The van der Waals surface area contributed by atoms with Gasteiger partial charge in [-0.3, -0.25) is 0 Å². The highest BCUT2D eigenvalue weighted by Crippen LogP contribution is 2.44. The average Bonchev–Trinajstić information content (AvgIpc) is 2.77. The third-order valence-corrected chi connectivity index (χ3v) is 5.27. The molecule has 2 N–H and O–H groups in total. The predicted molar refractivity (Wildman–Crippen MR) is 117 cm³/mol. The monoisotopic (exact) mass is 492 g/mol. The summed E-state index contributed by atoms with van der Waals surface area (Å²) in [6, 6.07) is 11.2. The van der Waals surface area contributed by atoms with Gasteiger partial charge in [0.1, 0.15) is 29.8 Å². The lowest BCUT2D eigenvalue weighted by atomic mass is 9.82. The van der Waals surface area contributed by atoms with E-state index in [4.69, 9.17) is 31.5 Å². The van der Waals surface area contributed by atoms with Crippen molar-refractivity contribution in [2.24, 2.45) is 5.73 Å². The van der Waals surface area contributed by atoms with Gasteiger partial charge < -0.3 is 19.9 Å². The number of allylic oxidation sites excluding steroid dienone is 2. The Morgan fingerprint density at radius 3 is 2.65 bits per heavy atom. The van der Waals surface area contributed by atoms with Crippen molar-refractivity contribution >= 4 is 17.6 Å². The number of hydrogen-bond donors (Lipinski definition) is 1. The van der Waals surface area contributed by atoms with Crippen LogP contribution in [0.1, 0.15) is 36.5 Å². The number of nitrogens with two attached hydrogens (primary N) is 1. The van der Waals surface area contributed by atoms with E-state index < -0.39 is 23.6 Å². The van der Waals surface area contributed by atoms with Gasteiger partial charge in [-0.05, 0) is 49.7 Å². The molecule has 0 aromatic heterocycles. The van der Waals surface area contributed by atoms with Gasteiger partial charge in [-0.2, -0.15) is 18.4 Å². The van der Waals surface area contributed by atoms with E-state index in [2.05, 4.69) is 0 Å². The molecular weight excluding hydrogens is 473 g/mol. The highest BCUT2D eigenvalue weighted by molar-refractivity contribution is 6.30. The Morgan fingerprint density at radius 1 is 1.26 bits per heavy atom. The summed E-state index contributed by atoms with van der Waals surface area (Å²) in [5.74, 6) is -1.59. The van der Waals surface area contributed by atoms with Crippen LogP contribution >= 0.6 is 11.6 Å². The maximum Gasteiger partial charge on any atom is 0.416 e. The predicted octanol–water partition coefficient (Wildman–Crippen LogP) is 5.58. The van der Waals surface area contributed by atoms with Crippen LogP contribution in [-0.4, -0.2) is 12.6 Å². The van der Waals surface area contributed by atoms with E-state index >= 15 is 0 Å². The first kappa shape index (κ1) is 25.0. The molecule has 0 radical (unpaired) electrons. The SMILES string of the molecule is CCOC(=O)C1=C(C)OC(N)=C(C#N)C1c1cc(Cl)ccc1OCc1cccc(C(F)(F)F)c1. The van der Waals surface area contributed by atoms with Crippen LogP contribution in [0.4, 0.5) is 13.2 Å². The first-order valence-corrected chi connectivity index (χ1v) is 10.5. The van der Waals surface area contributed by atoms with Gasteiger partial charge >= 0.3 is 12.1 Å². The van der Waals surface area contributed by atoms with Gasteiger partial charge in [0, 0.05) is 10.6 Å². The Hall–Kier alpha value is -3.64. The van der Waals surface area contributed by atoms with Crippen LogP contribution in [0.5, 0.6) is 5.75 Å². The summed E-state index contributed by atoms with van der Waals surface area (Å²) in [5.41, 5.74) is 5.69. The van der Waals surface area contributed by atoms with Crippen LogP contribution in [0.25, 0.3) is 0 Å². The lowest BCUT2D eigenvalue weighted by Gasteiger charge is -2.28. The molecule has 0 saturated carbocycles. The molecule has 0 bridgehead atoms.